The summed E-state index contributed by atoms with van der Waals surface area (Å²) >= 11 is 0. The average Bonchev–Trinajstić information content (AvgIpc) is 2.34. The van der Waals surface area contributed by atoms with Crippen molar-refractivity contribution in [1.29, 1.82) is 0 Å². The van der Waals surface area contributed by atoms with Crippen LogP contribution in [0, 0.1) is 0 Å². The van der Waals surface area contributed by atoms with Gasteiger partial charge in [0.15, 0.2) is 0 Å². The Balaban J connectivity index is 2.30. The quantitative estimate of drug-likeness (QED) is 0.453. The van der Waals surface area contributed by atoms with E-state index in [2.05, 4.69) is 5.32 Å². The normalized spacial score (nSPS) is 20.7. The number of rotatable bonds is 0. The Morgan fingerprint density at radius 1 is 1.30 bits per heavy atom. The molecule has 0 bridgehead atoms. The van der Waals surface area contributed by atoms with Crippen LogP contribution in [0.15, 0.2) is 36.8 Å². The molecule has 0 spiro atoms. The van der Waals surface area contributed by atoms with E-state index in [-0.39, 0.29) is 0 Å². The van der Waals surface area contributed by atoms with E-state index in [1.54, 1.807) is 11.2 Å². The minimum atomic E-state index is 0.933. The lowest BCUT2D eigenvalue weighted by atomic mass is 10.5. The molecular weight excluding hydrogens is 128 g/mol. The molecule has 2 heterocycles. The van der Waals surface area contributed by atoms with Gasteiger partial charge in [-0.1, -0.05) is 0 Å². The van der Waals surface area contributed by atoms with Gasteiger partial charge in [0.1, 0.15) is 5.82 Å². The molecule has 3 N–H and O–H groups in total. The van der Waals surface area contributed by atoms with Gasteiger partial charge < -0.3 is 10.2 Å². The summed E-state index contributed by atoms with van der Waals surface area (Å²) in [6, 6.07) is 0. The summed E-state index contributed by atoms with van der Waals surface area (Å²) in [5.74, 6) is 6.48. The number of nitrogens with zero attached hydrogens (tertiary/aromatic N) is 2. The first kappa shape index (κ1) is 5.37. The molecule has 0 saturated carbocycles. The van der Waals surface area contributed by atoms with Crippen LogP contribution in [0.1, 0.15) is 0 Å². The van der Waals surface area contributed by atoms with Crippen LogP contribution in [0.2, 0.25) is 0 Å². The lowest BCUT2D eigenvalue weighted by molar-refractivity contribution is 0.415. The fourth-order valence-corrected chi connectivity index (χ4v) is 0.951. The van der Waals surface area contributed by atoms with Crippen molar-refractivity contribution in [3.63, 3.8) is 0 Å². The Bertz CT molecular complexity index is 228. The zero-order valence-corrected chi connectivity index (χ0v) is 5.36. The molecule has 10 heavy (non-hydrogen) atoms. The maximum atomic E-state index is 5.55. The first-order valence-electron chi connectivity index (χ1n) is 3.01. The second-order valence-corrected chi connectivity index (χ2v) is 2.10. The van der Waals surface area contributed by atoms with Gasteiger partial charge in [0, 0.05) is 31.0 Å². The van der Waals surface area contributed by atoms with Crippen molar-refractivity contribution >= 4 is 0 Å². The largest absolute Gasteiger partial charge is 0.363 e. The van der Waals surface area contributed by atoms with E-state index in [1.165, 1.54) is 0 Å². The topological polar surface area (TPSA) is 44.5 Å². The molecule has 0 radical (unpaired) electrons. The lowest BCUT2D eigenvalue weighted by Crippen LogP contribution is -2.28. The van der Waals surface area contributed by atoms with Crippen molar-refractivity contribution in [2.75, 3.05) is 0 Å². The molecule has 0 aromatic carbocycles. The van der Waals surface area contributed by atoms with Crippen LogP contribution < -0.4 is 11.2 Å². The lowest BCUT2D eigenvalue weighted by Gasteiger charge is -2.20. The van der Waals surface area contributed by atoms with E-state index >= 15 is 0 Å². The van der Waals surface area contributed by atoms with Gasteiger partial charge in [0.05, 0.1) is 0 Å². The smallest absolute Gasteiger partial charge is 0.147 e. The minimum Gasteiger partial charge on any atom is -0.363 e. The fourth-order valence-electron chi connectivity index (χ4n) is 0.951. The van der Waals surface area contributed by atoms with Crippen LogP contribution in [-0.2, 0) is 0 Å². The predicted molar refractivity (Wildman–Crippen MR) is 37.4 cm³/mol. The van der Waals surface area contributed by atoms with E-state index in [0.717, 1.165) is 5.82 Å². The monoisotopic (exact) mass is 136 g/mol. The van der Waals surface area contributed by atoms with Crippen molar-refractivity contribution < 1.29 is 0 Å². The van der Waals surface area contributed by atoms with E-state index < -0.39 is 0 Å². The summed E-state index contributed by atoms with van der Waals surface area (Å²) in [7, 11) is 0. The van der Waals surface area contributed by atoms with E-state index in [4.69, 9.17) is 5.84 Å². The van der Waals surface area contributed by atoms with Gasteiger partial charge in [-0.2, -0.15) is 0 Å². The van der Waals surface area contributed by atoms with Crippen molar-refractivity contribution in [2.45, 2.75) is 0 Å². The molecule has 4 nitrogen and oxygen atoms in total. The molecule has 52 valence electrons. The summed E-state index contributed by atoms with van der Waals surface area (Å²) < 4.78 is 0. The van der Waals surface area contributed by atoms with Crippen LogP contribution in [0.4, 0.5) is 0 Å². The Morgan fingerprint density at radius 3 is 3.00 bits per heavy atom. The Kier molecular flexibility index (Phi) is 0.956. The fraction of sp³-hybridized carbons (Fsp3) is 0. The average molecular weight is 136 g/mol. The standard InChI is InChI=1S/C6H8N4/c7-10-4-3-9-2-1-8-5-6(9)10/h1-5,8H,7H2. The van der Waals surface area contributed by atoms with Gasteiger partial charge in [-0.15, -0.1) is 0 Å². The van der Waals surface area contributed by atoms with Crippen molar-refractivity contribution in [3.8, 4) is 0 Å². The molecule has 0 aromatic rings. The third-order valence-corrected chi connectivity index (χ3v) is 1.46. The van der Waals surface area contributed by atoms with Crippen LogP contribution in [-0.4, -0.2) is 9.91 Å². The third kappa shape index (κ3) is 0.593. The molecular formula is C6H8N4. The van der Waals surface area contributed by atoms with Crippen molar-refractivity contribution in [2.24, 2.45) is 5.84 Å². The molecule has 0 unspecified atom stereocenters. The summed E-state index contributed by atoms with van der Waals surface area (Å²) in [6.07, 6.45) is 9.26. The molecule has 0 fully saturated rings. The van der Waals surface area contributed by atoms with E-state index in [0.29, 0.717) is 0 Å². The second-order valence-electron chi connectivity index (χ2n) is 2.10. The zero-order valence-electron chi connectivity index (χ0n) is 5.36. The molecule has 0 atom stereocenters. The van der Waals surface area contributed by atoms with E-state index in [1.807, 2.05) is 29.7 Å². The Hall–Kier alpha value is -1.42. The predicted octanol–water partition coefficient (Wildman–Crippen LogP) is -0.178. The van der Waals surface area contributed by atoms with Crippen molar-refractivity contribution in [1.82, 2.24) is 15.2 Å². The van der Waals surface area contributed by atoms with Gasteiger partial charge in [0.2, 0.25) is 0 Å². The first-order valence-corrected chi connectivity index (χ1v) is 3.01. The number of nitrogens with two attached hydrogens (primary N) is 1. The molecule has 0 saturated heterocycles. The summed E-state index contributed by atoms with van der Waals surface area (Å²) in [5, 5.41) is 4.49. The zero-order chi connectivity index (χ0) is 6.97. The van der Waals surface area contributed by atoms with Gasteiger partial charge in [-0.05, 0) is 0 Å². The van der Waals surface area contributed by atoms with E-state index in [9.17, 15) is 0 Å². The van der Waals surface area contributed by atoms with Crippen LogP contribution in [0.3, 0.4) is 0 Å². The molecule has 2 rings (SSSR count). The maximum absolute atomic E-state index is 5.55. The molecule has 0 amide bonds. The van der Waals surface area contributed by atoms with Gasteiger partial charge in [-0.25, -0.2) is 5.84 Å². The molecule has 2 aliphatic heterocycles. The number of fused-ring (bicyclic) bond motifs is 1. The second kappa shape index (κ2) is 1.78. The molecule has 2 aliphatic rings. The van der Waals surface area contributed by atoms with Gasteiger partial charge in [-0.3, -0.25) is 5.01 Å². The van der Waals surface area contributed by atoms with Crippen LogP contribution in [0.25, 0.3) is 0 Å². The van der Waals surface area contributed by atoms with Gasteiger partial charge >= 0.3 is 0 Å². The molecule has 0 aliphatic carbocycles. The SMILES string of the molecule is NN1C=CN2C=CNC=C12. The maximum Gasteiger partial charge on any atom is 0.147 e. The highest BCUT2D eigenvalue weighted by molar-refractivity contribution is 5.19. The number of nitrogens with one attached hydrogen (secondary N) is 1. The van der Waals surface area contributed by atoms with Crippen molar-refractivity contribution in [3.05, 3.63) is 36.8 Å². The summed E-state index contributed by atoms with van der Waals surface area (Å²) in [5.41, 5.74) is 0. The highest BCUT2D eigenvalue weighted by atomic mass is 15.5. The van der Waals surface area contributed by atoms with Gasteiger partial charge in [0.25, 0.3) is 0 Å². The highest BCUT2D eigenvalue weighted by Gasteiger charge is 2.15. The first-order chi connectivity index (χ1) is 4.88. The number of hydrogen-bond acceptors (Lipinski definition) is 4. The summed E-state index contributed by atoms with van der Waals surface area (Å²) in [6.45, 7) is 0. The molecule has 4 heteroatoms. The Morgan fingerprint density at radius 2 is 2.20 bits per heavy atom. The minimum absolute atomic E-state index is 0.933. The highest BCUT2D eigenvalue weighted by Crippen LogP contribution is 2.16. The molecule has 0 aromatic heterocycles. The third-order valence-electron chi connectivity index (χ3n) is 1.46. The van der Waals surface area contributed by atoms with Crippen LogP contribution in [0.5, 0.6) is 0 Å². The number of hydrogen-bond donors (Lipinski definition) is 2. The Labute approximate surface area is 58.9 Å². The summed E-state index contributed by atoms with van der Waals surface area (Å²) in [4.78, 5) is 1.93. The van der Waals surface area contributed by atoms with Crippen LogP contribution >= 0.6 is 0 Å². The number of hydrazine groups is 1.